The van der Waals surface area contributed by atoms with Crippen LogP contribution in [0.1, 0.15) is 24.7 Å². The Hall–Kier alpha value is -3.48. The van der Waals surface area contributed by atoms with E-state index in [1.165, 1.54) is 0 Å². The molecule has 146 valence electrons. The van der Waals surface area contributed by atoms with Crippen LogP contribution in [0, 0.1) is 0 Å². The molecule has 0 bridgehead atoms. The van der Waals surface area contributed by atoms with E-state index in [-0.39, 0.29) is 5.92 Å². The number of aromatic nitrogens is 4. The molecule has 1 fully saturated rings. The lowest BCUT2D eigenvalue weighted by Crippen LogP contribution is -2.33. The lowest BCUT2D eigenvalue weighted by Gasteiger charge is -2.31. The molecule has 1 saturated heterocycles. The van der Waals surface area contributed by atoms with E-state index in [2.05, 4.69) is 32.2 Å². The van der Waals surface area contributed by atoms with Crippen LogP contribution in [0.2, 0.25) is 0 Å². The van der Waals surface area contributed by atoms with Crippen molar-refractivity contribution in [1.29, 1.82) is 0 Å². The Morgan fingerprint density at radius 3 is 2.76 bits per heavy atom. The average Bonchev–Trinajstić information content (AvgIpc) is 3.29. The fraction of sp³-hybridized carbons (Fsp3) is 0.273. The third kappa shape index (κ3) is 3.51. The van der Waals surface area contributed by atoms with Crippen LogP contribution < -0.4 is 9.64 Å². The van der Waals surface area contributed by atoms with Gasteiger partial charge in [-0.15, -0.1) is 0 Å². The van der Waals surface area contributed by atoms with Gasteiger partial charge in [0.25, 0.3) is 0 Å². The summed E-state index contributed by atoms with van der Waals surface area (Å²) in [5, 5.41) is 5.21. The maximum Gasteiger partial charge on any atom is 0.230 e. The highest BCUT2D eigenvalue weighted by Gasteiger charge is 2.26. The molecule has 0 N–H and O–H groups in total. The number of pyridine rings is 2. The van der Waals surface area contributed by atoms with Crippen LogP contribution in [0.25, 0.3) is 22.3 Å². The van der Waals surface area contributed by atoms with E-state index >= 15 is 0 Å². The Morgan fingerprint density at radius 2 is 1.97 bits per heavy atom. The molecule has 0 radical (unpaired) electrons. The van der Waals surface area contributed by atoms with E-state index in [1.54, 1.807) is 19.5 Å². The van der Waals surface area contributed by atoms with Crippen LogP contribution in [0.4, 0.5) is 5.82 Å². The van der Waals surface area contributed by atoms with Gasteiger partial charge in [-0.05, 0) is 55.3 Å². The molecule has 29 heavy (non-hydrogen) atoms. The molecule has 1 aliphatic heterocycles. The van der Waals surface area contributed by atoms with Crippen LogP contribution >= 0.6 is 0 Å². The SMILES string of the molecule is COc1ccc2nc(N3CCC(c4nc(-c5cccnc5)no4)CC3)ccc2c1. The van der Waals surface area contributed by atoms with Gasteiger partial charge >= 0.3 is 0 Å². The van der Waals surface area contributed by atoms with Gasteiger partial charge in [-0.3, -0.25) is 4.98 Å². The monoisotopic (exact) mass is 387 g/mol. The number of piperidine rings is 1. The van der Waals surface area contributed by atoms with Crippen molar-refractivity contribution in [3.63, 3.8) is 0 Å². The lowest BCUT2D eigenvalue weighted by molar-refractivity contribution is 0.329. The Kier molecular flexibility index (Phi) is 4.56. The molecule has 0 spiro atoms. The number of ether oxygens (including phenoxy) is 1. The summed E-state index contributed by atoms with van der Waals surface area (Å²) < 4.78 is 10.8. The normalized spacial score (nSPS) is 15.0. The van der Waals surface area contributed by atoms with Crippen LogP contribution in [0.5, 0.6) is 5.75 Å². The summed E-state index contributed by atoms with van der Waals surface area (Å²) in [5.41, 5.74) is 1.85. The van der Waals surface area contributed by atoms with Crippen molar-refractivity contribution in [3.05, 3.63) is 60.7 Å². The molecule has 1 aromatic carbocycles. The fourth-order valence-corrected chi connectivity index (χ4v) is 3.76. The van der Waals surface area contributed by atoms with E-state index < -0.39 is 0 Å². The second kappa shape index (κ2) is 7.50. The Balaban J connectivity index is 1.28. The number of rotatable bonds is 4. The van der Waals surface area contributed by atoms with Crippen molar-refractivity contribution in [1.82, 2.24) is 20.1 Å². The Morgan fingerprint density at radius 1 is 1.07 bits per heavy atom. The summed E-state index contributed by atoms with van der Waals surface area (Å²) in [4.78, 5) is 15.9. The van der Waals surface area contributed by atoms with Crippen molar-refractivity contribution in [2.45, 2.75) is 18.8 Å². The standard InChI is InChI=1S/C22H21N5O2/c1-28-18-5-6-19-16(13-18)4-7-20(24-19)27-11-8-15(9-12-27)22-25-21(26-29-22)17-3-2-10-23-14-17/h2-7,10,13-15H,8-9,11-12H2,1H3. The second-order valence-electron chi connectivity index (χ2n) is 7.19. The molecule has 4 heterocycles. The smallest absolute Gasteiger partial charge is 0.230 e. The Bertz CT molecular complexity index is 1120. The third-order valence-electron chi connectivity index (χ3n) is 5.41. The second-order valence-corrected chi connectivity index (χ2v) is 7.19. The van der Waals surface area contributed by atoms with E-state index in [1.807, 2.05) is 30.3 Å². The van der Waals surface area contributed by atoms with E-state index in [4.69, 9.17) is 14.2 Å². The van der Waals surface area contributed by atoms with E-state index in [0.717, 1.165) is 54.0 Å². The minimum atomic E-state index is 0.272. The number of hydrogen-bond donors (Lipinski definition) is 0. The van der Waals surface area contributed by atoms with Crippen LogP contribution in [0.3, 0.4) is 0 Å². The lowest BCUT2D eigenvalue weighted by atomic mass is 9.96. The molecule has 0 unspecified atom stereocenters. The number of benzene rings is 1. The van der Waals surface area contributed by atoms with Gasteiger partial charge in [0.1, 0.15) is 11.6 Å². The zero-order valence-corrected chi connectivity index (χ0v) is 16.2. The molecule has 4 aromatic rings. The maximum absolute atomic E-state index is 5.54. The zero-order valence-electron chi connectivity index (χ0n) is 16.2. The predicted molar refractivity (Wildman–Crippen MR) is 110 cm³/mol. The predicted octanol–water partition coefficient (Wildman–Crippen LogP) is 4.07. The van der Waals surface area contributed by atoms with Gasteiger partial charge in [0.2, 0.25) is 11.7 Å². The van der Waals surface area contributed by atoms with Gasteiger partial charge in [-0.1, -0.05) is 5.16 Å². The average molecular weight is 387 g/mol. The quantitative estimate of drug-likeness (QED) is 0.522. The van der Waals surface area contributed by atoms with Crippen molar-refractivity contribution >= 4 is 16.7 Å². The summed E-state index contributed by atoms with van der Waals surface area (Å²) in [7, 11) is 1.68. The van der Waals surface area contributed by atoms with Gasteiger partial charge in [-0.25, -0.2) is 4.98 Å². The molecule has 3 aromatic heterocycles. The summed E-state index contributed by atoms with van der Waals surface area (Å²) in [6, 6.07) is 13.9. The maximum atomic E-state index is 5.54. The number of fused-ring (bicyclic) bond motifs is 1. The molecule has 0 atom stereocenters. The first kappa shape index (κ1) is 17.6. The summed E-state index contributed by atoms with van der Waals surface area (Å²) in [6.45, 7) is 1.81. The number of anilines is 1. The van der Waals surface area contributed by atoms with Crippen molar-refractivity contribution < 1.29 is 9.26 Å². The van der Waals surface area contributed by atoms with Crippen molar-refractivity contribution in [2.24, 2.45) is 0 Å². The summed E-state index contributed by atoms with van der Waals surface area (Å²) in [6.07, 6.45) is 5.39. The fourth-order valence-electron chi connectivity index (χ4n) is 3.76. The first-order valence-electron chi connectivity index (χ1n) is 9.74. The highest BCUT2D eigenvalue weighted by molar-refractivity contribution is 5.81. The molecule has 0 saturated carbocycles. The third-order valence-corrected chi connectivity index (χ3v) is 5.41. The first-order valence-corrected chi connectivity index (χ1v) is 9.74. The molecular formula is C22H21N5O2. The minimum absolute atomic E-state index is 0.272. The van der Waals surface area contributed by atoms with Gasteiger partial charge in [0, 0.05) is 42.4 Å². The van der Waals surface area contributed by atoms with Gasteiger partial charge in [-0.2, -0.15) is 4.98 Å². The summed E-state index contributed by atoms with van der Waals surface area (Å²) in [5.74, 6) is 3.43. The van der Waals surface area contributed by atoms with Crippen molar-refractivity contribution in [2.75, 3.05) is 25.1 Å². The van der Waals surface area contributed by atoms with E-state index in [9.17, 15) is 0 Å². The van der Waals surface area contributed by atoms with E-state index in [0.29, 0.717) is 11.7 Å². The summed E-state index contributed by atoms with van der Waals surface area (Å²) >= 11 is 0. The van der Waals surface area contributed by atoms with Gasteiger partial charge in [0.15, 0.2) is 0 Å². The number of methoxy groups -OCH3 is 1. The van der Waals surface area contributed by atoms with Crippen LogP contribution in [-0.4, -0.2) is 40.3 Å². The van der Waals surface area contributed by atoms with Crippen LogP contribution in [-0.2, 0) is 0 Å². The Labute approximate surface area is 168 Å². The molecule has 0 aliphatic carbocycles. The van der Waals surface area contributed by atoms with Crippen LogP contribution in [0.15, 0.2) is 59.4 Å². The molecule has 1 aliphatic rings. The van der Waals surface area contributed by atoms with Crippen molar-refractivity contribution in [3.8, 4) is 17.1 Å². The molecule has 7 heteroatoms. The molecule has 5 rings (SSSR count). The molecule has 7 nitrogen and oxygen atoms in total. The minimum Gasteiger partial charge on any atom is -0.497 e. The highest BCUT2D eigenvalue weighted by atomic mass is 16.5. The van der Waals surface area contributed by atoms with Gasteiger partial charge < -0.3 is 14.2 Å². The zero-order chi connectivity index (χ0) is 19.6. The molecular weight excluding hydrogens is 366 g/mol. The first-order chi connectivity index (χ1) is 14.3. The topological polar surface area (TPSA) is 77.2 Å². The number of hydrogen-bond acceptors (Lipinski definition) is 7. The number of nitrogens with zero attached hydrogens (tertiary/aromatic N) is 5. The largest absolute Gasteiger partial charge is 0.497 e. The molecule has 0 amide bonds. The highest BCUT2D eigenvalue weighted by Crippen LogP contribution is 2.31. The van der Waals surface area contributed by atoms with Gasteiger partial charge in [0.05, 0.1) is 12.6 Å².